The molecule has 5 heteroatoms. The summed E-state index contributed by atoms with van der Waals surface area (Å²) in [7, 11) is 1.72. The molecule has 0 unspecified atom stereocenters. The van der Waals surface area contributed by atoms with Gasteiger partial charge in [0.05, 0.1) is 5.56 Å². The molecule has 3 rings (SSSR count). The molecule has 142 valence electrons. The number of ether oxygens (including phenoxy) is 1. The highest BCUT2D eigenvalue weighted by Crippen LogP contribution is 2.27. The summed E-state index contributed by atoms with van der Waals surface area (Å²) in [6.07, 6.45) is -0.943. The van der Waals surface area contributed by atoms with Crippen molar-refractivity contribution in [3.8, 4) is 11.1 Å². The molecule has 0 bridgehead atoms. The second-order valence-electron chi connectivity index (χ2n) is 6.24. The molecule has 0 heterocycles. The Kier molecular flexibility index (Phi) is 6.07. The average molecular weight is 374 g/mol. The van der Waals surface area contributed by atoms with Crippen LogP contribution in [0.2, 0.25) is 0 Å². The molecule has 0 aliphatic heterocycles. The average Bonchev–Trinajstić information content (AvgIpc) is 2.74. The van der Waals surface area contributed by atoms with Crippen molar-refractivity contribution < 1.29 is 14.3 Å². The van der Waals surface area contributed by atoms with E-state index in [4.69, 9.17) is 4.74 Å². The Bertz CT molecular complexity index is 970. The standard InChI is InChI=1S/C23H22N2O3/c1-16(28-23(27)19-13-7-8-14-20(19)24-2)22(26)25-21-15-9-6-12-18(21)17-10-4-3-5-11-17/h3-16,24H,1-2H3,(H,25,26)/t16-/m0/s1. The van der Waals surface area contributed by atoms with E-state index in [0.717, 1.165) is 11.1 Å². The molecule has 5 nitrogen and oxygen atoms in total. The first kappa shape index (κ1) is 19.2. The zero-order valence-electron chi connectivity index (χ0n) is 15.8. The molecule has 0 saturated heterocycles. The van der Waals surface area contributed by atoms with Crippen LogP contribution in [-0.4, -0.2) is 25.0 Å². The fourth-order valence-corrected chi connectivity index (χ4v) is 2.85. The van der Waals surface area contributed by atoms with Crippen molar-refractivity contribution >= 4 is 23.3 Å². The number of benzene rings is 3. The van der Waals surface area contributed by atoms with Gasteiger partial charge in [-0.15, -0.1) is 0 Å². The lowest BCUT2D eigenvalue weighted by atomic mass is 10.0. The van der Waals surface area contributed by atoms with E-state index in [1.165, 1.54) is 0 Å². The molecule has 0 saturated carbocycles. The van der Waals surface area contributed by atoms with Crippen molar-refractivity contribution in [2.45, 2.75) is 13.0 Å². The van der Waals surface area contributed by atoms with E-state index in [-0.39, 0.29) is 0 Å². The van der Waals surface area contributed by atoms with Gasteiger partial charge in [-0.25, -0.2) is 4.79 Å². The van der Waals surface area contributed by atoms with Crippen LogP contribution in [0, 0.1) is 0 Å². The predicted octanol–water partition coefficient (Wildman–Crippen LogP) is 4.58. The summed E-state index contributed by atoms with van der Waals surface area (Å²) in [6.45, 7) is 1.56. The molecule has 3 aromatic rings. The van der Waals surface area contributed by atoms with Gasteiger partial charge in [-0.2, -0.15) is 0 Å². The molecular formula is C23H22N2O3. The number of carbonyl (C=O) groups excluding carboxylic acids is 2. The number of rotatable bonds is 6. The van der Waals surface area contributed by atoms with Gasteiger partial charge < -0.3 is 15.4 Å². The number of carbonyl (C=O) groups is 2. The van der Waals surface area contributed by atoms with Gasteiger partial charge in [0.25, 0.3) is 5.91 Å². The Balaban J connectivity index is 1.73. The Morgan fingerprint density at radius 3 is 2.14 bits per heavy atom. The van der Waals surface area contributed by atoms with Crippen molar-refractivity contribution in [1.29, 1.82) is 0 Å². The highest BCUT2D eigenvalue weighted by molar-refractivity contribution is 6.01. The minimum absolute atomic E-state index is 0.384. The van der Waals surface area contributed by atoms with E-state index in [1.807, 2.05) is 60.7 Å². The molecule has 1 amide bonds. The van der Waals surface area contributed by atoms with E-state index >= 15 is 0 Å². The number of esters is 1. The second kappa shape index (κ2) is 8.86. The molecule has 0 spiro atoms. The smallest absolute Gasteiger partial charge is 0.341 e. The van der Waals surface area contributed by atoms with Gasteiger partial charge in [-0.3, -0.25) is 4.79 Å². The predicted molar refractivity (Wildman–Crippen MR) is 111 cm³/mol. The maximum atomic E-state index is 12.6. The number of para-hydroxylation sites is 2. The summed E-state index contributed by atoms with van der Waals surface area (Å²) in [5.41, 5.74) is 3.59. The van der Waals surface area contributed by atoms with E-state index in [0.29, 0.717) is 16.9 Å². The molecule has 0 aliphatic carbocycles. The maximum absolute atomic E-state index is 12.6. The summed E-state index contributed by atoms with van der Waals surface area (Å²) in [4.78, 5) is 25.1. The van der Waals surface area contributed by atoms with Crippen LogP contribution in [0.15, 0.2) is 78.9 Å². The SMILES string of the molecule is CNc1ccccc1C(=O)O[C@@H](C)C(=O)Nc1ccccc1-c1ccccc1. The summed E-state index contributed by atoms with van der Waals surface area (Å²) in [5.74, 6) is -0.942. The largest absolute Gasteiger partial charge is 0.449 e. The van der Waals surface area contributed by atoms with Gasteiger partial charge in [0, 0.05) is 24.0 Å². The van der Waals surface area contributed by atoms with Crippen LogP contribution in [0.25, 0.3) is 11.1 Å². The molecule has 0 fully saturated rings. The number of anilines is 2. The molecule has 3 aromatic carbocycles. The first-order valence-electron chi connectivity index (χ1n) is 9.03. The van der Waals surface area contributed by atoms with Gasteiger partial charge in [-0.05, 0) is 30.7 Å². The molecule has 0 radical (unpaired) electrons. The first-order valence-corrected chi connectivity index (χ1v) is 9.03. The van der Waals surface area contributed by atoms with E-state index in [9.17, 15) is 9.59 Å². The zero-order valence-corrected chi connectivity index (χ0v) is 15.8. The van der Waals surface area contributed by atoms with Crippen LogP contribution >= 0.6 is 0 Å². The van der Waals surface area contributed by atoms with Crippen molar-refractivity contribution in [3.05, 3.63) is 84.4 Å². The summed E-state index contributed by atoms with van der Waals surface area (Å²) in [6, 6.07) is 24.3. The lowest BCUT2D eigenvalue weighted by Gasteiger charge is -2.16. The maximum Gasteiger partial charge on any atom is 0.341 e. The van der Waals surface area contributed by atoms with Gasteiger partial charge in [0.1, 0.15) is 0 Å². The third-order valence-corrected chi connectivity index (χ3v) is 4.34. The fraction of sp³-hybridized carbons (Fsp3) is 0.130. The van der Waals surface area contributed by atoms with Crippen LogP contribution in [0.3, 0.4) is 0 Å². The Morgan fingerprint density at radius 2 is 1.43 bits per heavy atom. The van der Waals surface area contributed by atoms with Crippen LogP contribution in [-0.2, 0) is 9.53 Å². The highest BCUT2D eigenvalue weighted by Gasteiger charge is 2.21. The minimum atomic E-state index is -0.943. The Morgan fingerprint density at radius 1 is 0.821 bits per heavy atom. The molecule has 1 atom stereocenters. The van der Waals surface area contributed by atoms with Crippen molar-refractivity contribution in [2.75, 3.05) is 17.7 Å². The molecular weight excluding hydrogens is 352 g/mol. The van der Waals surface area contributed by atoms with Gasteiger partial charge in [0.15, 0.2) is 6.10 Å². The third kappa shape index (κ3) is 4.38. The van der Waals surface area contributed by atoms with Crippen LogP contribution < -0.4 is 10.6 Å². The number of nitrogens with one attached hydrogen (secondary N) is 2. The quantitative estimate of drug-likeness (QED) is 0.620. The van der Waals surface area contributed by atoms with Crippen LogP contribution in [0.1, 0.15) is 17.3 Å². The lowest BCUT2D eigenvalue weighted by Crippen LogP contribution is -2.30. The molecule has 0 aromatic heterocycles. The summed E-state index contributed by atoms with van der Waals surface area (Å²) < 4.78 is 5.37. The van der Waals surface area contributed by atoms with E-state index in [2.05, 4.69) is 10.6 Å². The first-order chi connectivity index (χ1) is 13.6. The molecule has 2 N–H and O–H groups in total. The topological polar surface area (TPSA) is 67.4 Å². The summed E-state index contributed by atoms with van der Waals surface area (Å²) >= 11 is 0. The lowest BCUT2D eigenvalue weighted by molar-refractivity contribution is -0.123. The van der Waals surface area contributed by atoms with E-state index < -0.39 is 18.0 Å². The number of hydrogen-bond donors (Lipinski definition) is 2. The molecule has 0 aliphatic rings. The van der Waals surface area contributed by atoms with Gasteiger partial charge in [0.2, 0.25) is 0 Å². The Labute approximate surface area is 164 Å². The van der Waals surface area contributed by atoms with Crippen LogP contribution in [0.4, 0.5) is 11.4 Å². The van der Waals surface area contributed by atoms with Gasteiger partial charge in [-0.1, -0.05) is 60.7 Å². The highest BCUT2D eigenvalue weighted by atomic mass is 16.5. The number of amides is 1. The fourth-order valence-electron chi connectivity index (χ4n) is 2.85. The van der Waals surface area contributed by atoms with Gasteiger partial charge >= 0.3 is 5.97 Å². The minimum Gasteiger partial charge on any atom is -0.449 e. The second-order valence-corrected chi connectivity index (χ2v) is 6.24. The molecule has 28 heavy (non-hydrogen) atoms. The van der Waals surface area contributed by atoms with E-state index in [1.54, 1.807) is 32.2 Å². The normalized spacial score (nSPS) is 11.4. The van der Waals surface area contributed by atoms with Crippen LogP contribution in [0.5, 0.6) is 0 Å². The van der Waals surface area contributed by atoms with Crippen molar-refractivity contribution in [2.24, 2.45) is 0 Å². The monoisotopic (exact) mass is 374 g/mol. The Hall–Kier alpha value is -3.60. The third-order valence-electron chi connectivity index (χ3n) is 4.34. The van der Waals surface area contributed by atoms with Crippen molar-refractivity contribution in [1.82, 2.24) is 0 Å². The summed E-state index contributed by atoms with van der Waals surface area (Å²) in [5, 5.41) is 5.81. The zero-order chi connectivity index (χ0) is 19.9. The van der Waals surface area contributed by atoms with Crippen molar-refractivity contribution in [3.63, 3.8) is 0 Å². The number of hydrogen-bond acceptors (Lipinski definition) is 4.